The normalized spacial score (nSPS) is 10.8. The van der Waals surface area contributed by atoms with Crippen LogP contribution in [0.25, 0.3) is 0 Å². The van der Waals surface area contributed by atoms with Crippen molar-refractivity contribution in [2.45, 2.75) is 6.54 Å². The number of anilines is 3. The maximum Gasteiger partial charge on any atom is 0.238 e. The fourth-order valence-electron chi connectivity index (χ4n) is 1.87. The van der Waals surface area contributed by atoms with E-state index in [1.165, 1.54) is 0 Å². The number of hydrogen-bond acceptors (Lipinski definition) is 7. The molecule has 0 aliphatic rings. The van der Waals surface area contributed by atoms with Crippen LogP contribution in [0.3, 0.4) is 0 Å². The number of carbonyl (C=O) groups is 1. The van der Waals surface area contributed by atoms with Gasteiger partial charge in [0.2, 0.25) is 17.8 Å². The number of benzene rings is 1. The van der Waals surface area contributed by atoms with Crippen molar-refractivity contribution in [2.24, 2.45) is 0 Å². The lowest BCUT2D eigenvalue weighted by molar-refractivity contribution is -0.117. The molecule has 122 valence electrons. The summed E-state index contributed by atoms with van der Waals surface area (Å²) >= 11 is 12.0. The molecule has 2 aromatic rings. The Labute approximate surface area is 142 Å². The first-order chi connectivity index (χ1) is 10.8. The predicted molar refractivity (Wildman–Crippen MR) is 90.1 cm³/mol. The standard InChI is InChI=1S/C13H15Cl2N7O/c1-22(5-9-18-12(16)21-13(17)19-9)6-10(23)20-11-7(14)3-2-4-8(11)15/h2-4H,5-6H2,1H3,(H,20,23)(H4,16,17,18,19,21). The Morgan fingerprint density at radius 2 is 1.74 bits per heavy atom. The summed E-state index contributed by atoms with van der Waals surface area (Å²) in [5, 5.41) is 3.41. The fourth-order valence-corrected chi connectivity index (χ4v) is 2.36. The van der Waals surface area contributed by atoms with Gasteiger partial charge in [-0.1, -0.05) is 29.3 Å². The molecule has 0 atom stereocenters. The van der Waals surface area contributed by atoms with Gasteiger partial charge in [0.25, 0.3) is 0 Å². The van der Waals surface area contributed by atoms with E-state index >= 15 is 0 Å². The van der Waals surface area contributed by atoms with Gasteiger partial charge in [0.05, 0.1) is 28.8 Å². The summed E-state index contributed by atoms with van der Waals surface area (Å²) in [7, 11) is 1.73. The van der Waals surface area contributed by atoms with Gasteiger partial charge in [-0.15, -0.1) is 0 Å². The minimum absolute atomic E-state index is 0.0354. The molecule has 8 nitrogen and oxygen atoms in total. The monoisotopic (exact) mass is 355 g/mol. The summed E-state index contributed by atoms with van der Waals surface area (Å²) in [5.74, 6) is 0.167. The topological polar surface area (TPSA) is 123 Å². The lowest BCUT2D eigenvalue weighted by atomic mass is 10.3. The molecule has 0 aliphatic carbocycles. The molecule has 0 unspecified atom stereocenters. The molecule has 0 saturated heterocycles. The minimum atomic E-state index is -0.280. The predicted octanol–water partition coefficient (Wildman–Crippen LogP) is 1.41. The molecular formula is C13H15Cl2N7O. The van der Waals surface area contributed by atoms with Crippen LogP contribution in [0.15, 0.2) is 18.2 Å². The number of carbonyl (C=O) groups excluding carboxylic acids is 1. The van der Waals surface area contributed by atoms with Gasteiger partial charge in [0, 0.05) is 0 Å². The zero-order chi connectivity index (χ0) is 17.0. The molecule has 0 spiro atoms. The molecule has 10 heteroatoms. The molecule has 2 rings (SSSR count). The smallest absolute Gasteiger partial charge is 0.238 e. The van der Waals surface area contributed by atoms with Crippen LogP contribution >= 0.6 is 23.2 Å². The number of amides is 1. The maximum atomic E-state index is 12.1. The fraction of sp³-hybridized carbons (Fsp3) is 0.231. The van der Waals surface area contributed by atoms with E-state index in [-0.39, 0.29) is 30.9 Å². The summed E-state index contributed by atoms with van der Waals surface area (Å²) in [6.45, 7) is 0.355. The molecule has 0 bridgehead atoms. The highest BCUT2D eigenvalue weighted by molar-refractivity contribution is 6.39. The summed E-state index contributed by atoms with van der Waals surface area (Å²) in [4.78, 5) is 25.4. The van der Waals surface area contributed by atoms with E-state index in [1.807, 2.05) is 0 Å². The number of nitrogen functional groups attached to an aromatic ring is 2. The number of likely N-dealkylation sites (N-methyl/N-ethyl adjacent to an activating group) is 1. The molecule has 0 aliphatic heterocycles. The highest BCUT2D eigenvalue weighted by atomic mass is 35.5. The van der Waals surface area contributed by atoms with Crippen molar-refractivity contribution in [3.8, 4) is 0 Å². The van der Waals surface area contributed by atoms with Gasteiger partial charge in [-0.2, -0.15) is 15.0 Å². The summed E-state index contributed by atoms with van der Waals surface area (Å²) in [6.07, 6.45) is 0. The number of nitrogens with two attached hydrogens (primary N) is 2. The Morgan fingerprint density at radius 1 is 1.17 bits per heavy atom. The summed E-state index contributed by atoms with van der Waals surface area (Å²) in [6, 6.07) is 4.98. The van der Waals surface area contributed by atoms with Crippen LogP contribution in [0.2, 0.25) is 10.0 Å². The van der Waals surface area contributed by atoms with Gasteiger partial charge in [0.1, 0.15) is 5.82 Å². The maximum absolute atomic E-state index is 12.1. The first-order valence-electron chi connectivity index (χ1n) is 6.53. The third kappa shape index (κ3) is 4.92. The third-order valence-electron chi connectivity index (χ3n) is 2.77. The van der Waals surface area contributed by atoms with Gasteiger partial charge in [0.15, 0.2) is 0 Å². The number of para-hydroxylation sites is 1. The van der Waals surface area contributed by atoms with Crippen molar-refractivity contribution >= 4 is 46.7 Å². The molecule has 1 aromatic carbocycles. The van der Waals surface area contributed by atoms with E-state index in [9.17, 15) is 4.79 Å². The highest BCUT2D eigenvalue weighted by Crippen LogP contribution is 2.29. The number of nitrogens with one attached hydrogen (secondary N) is 1. The summed E-state index contributed by atoms with van der Waals surface area (Å²) in [5.41, 5.74) is 11.4. The van der Waals surface area contributed by atoms with Crippen LogP contribution in [0.5, 0.6) is 0 Å². The number of nitrogens with zero attached hydrogens (tertiary/aromatic N) is 4. The zero-order valence-corrected chi connectivity index (χ0v) is 13.8. The average molecular weight is 356 g/mol. The molecule has 0 saturated carbocycles. The zero-order valence-electron chi connectivity index (χ0n) is 12.3. The second-order valence-corrected chi connectivity index (χ2v) is 5.60. The molecular weight excluding hydrogens is 341 g/mol. The molecule has 1 aromatic heterocycles. The van der Waals surface area contributed by atoms with E-state index < -0.39 is 0 Å². The largest absolute Gasteiger partial charge is 0.368 e. The Hall–Kier alpha value is -2.16. The van der Waals surface area contributed by atoms with Crippen LogP contribution in [-0.2, 0) is 11.3 Å². The van der Waals surface area contributed by atoms with Crippen molar-refractivity contribution in [1.82, 2.24) is 19.9 Å². The van der Waals surface area contributed by atoms with E-state index in [0.717, 1.165) is 0 Å². The van der Waals surface area contributed by atoms with Crippen molar-refractivity contribution in [2.75, 3.05) is 30.4 Å². The van der Waals surface area contributed by atoms with Gasteiger partial charge < -0.3 is 16.8 Å². The van der Waals surface area contributed by atoms with E-state index in [0.29, 0.717) is 21.6 Å². The SMILES string of the molecule is CN(CC(=O)Nc1c(Cl)cccc1Cl)Cc1nc(N)nc(N)n1. The van der Waals surface area contributed by atoms with Gasteiger partial charge in [-0.05, 0) is 19.2 Å². The van der Waals surface area contributed by atoms with Crippen LogP contribution < -0.4 is 16.8 Å². The van der Waals surface area contributed by atoms with Crippen molar-refractivity contribution in [3.63, 3.8) is 0 Å². The molecule has 23 heavy (non-hydrogen) atoms. The van der Waals surface area contributed by atoms with E-state index in [2.05, 4.69) is 20.3 Å². The second-order valence-electron chi connectivity index (χ2n) is 4.79. The number of hydrogen-bond donors (Lipinski definition) is 3. The lowest BCUT2D eigenvalue weighted by Gasteiger charge is -2.16. The molecule has 0 radical (unpaired) electrons. The first-order valence-corrected chi connectivity index (χ1v) is 7.29. The van der Waals surface area contributed by atoms with Crippen molar-refractivity contribution in [3.05, 3.63) is 34.1 Å². The number of rotatable bonds is 5. The minimum Gasteiger partial charge on any atom is -0.368 e. The molecule has 1 amide bonds. The lowest BCUT2D eigenvalue weighted by Crippen LogP contribution is -2.30. The molecule has 5 N–H and O–H groups in total. The van der Waals surface area contributed by atoms with E-state index in [4.69, 9.17) is 34.7 Å². The number of halogens is 2. The van der Waals surface area contributed by atoms with Crippen molar-refractivity contribution in [1.29, 1.82) is 0 Å². The second kappa shape index (κ2) is 7.40. The molecule has 0 fully saturated rings. The Balaban J connectivity index is 1.97. The Bertz CT molecular complexity index is 685. The quantitative estimate of drug-likeness (QED) is 0.740. The van der Waals surface area contributed by atoms with Crippen LogP contribution in [-0.4, -0.2) is 39.4 Å². The third-order valence-corrected chi connectivity index (χ3v) is 3.40. The van der Waals surface area contributed by atoms with Crippen LogP contribution in [0.1, 0.15) is 5.82 Å². The van der Waals surface area contributed by atoms with Crippen molar-refractivity contribution < 1.29 is 4.79 Å². The average Bonchev–Trinajstić information content (AvgIpc) is 2.41. The highest BCUT2D eigenvalue weighted by Gasteiger charge is 2.13. The number of aromatic nitrogens is 3. The van der Waals surface area contributed by atoms with E-state index in [1.54, 1.807) is 30.1 Å². The van der Waals surface area contributed by atoms with Gasteiger partial charge in [-0.25, -0.2) is 0 Å². The Kier molecular flexibility index (Phi) is 5.54. The Morgan fingerprint density at radius 3 is 2.30 bits per heavy atom. The summed E-state index contributed by atoms with van der Waals surface area (Å²) < 4.78 is 0. The first kappa shape index (κ1) is 17.2. The van der Waals surface area contributed by atoms with Gasteiger partial charge in [-0.3, -0.25) is 9.69 Å². The molecule has 1 heterocycles. The van der Waals surface area contributed by atoms with Gasteiger partial charge >= 0.3 is 0 Å². The van der Waals surface area contributed by atoms with Crippen LogP contribution in [0, 0.1) is 0 Å². The van der Waals surface area contributed by atoms with Crippen LogP contribution in [0.4, 0.5) is 17.6 Å².